The number of anilines is 1. The summed E-state index contributed by atoms with van der Waals surface area (Å²) in [4.78, 5) is 12.5. The van der Waals surface area contributed by atoms with E-state index in [1.165, 1.54) is 16.4 Å². The maximum atomic E-state index is 12.5. The Morgan fingerprint density at radius 3 is 2.65 bits per heavy atom. The van der Waals surface area contributed by atoms with E-state index in [0.29, 0.717) is 22.6 Å². The molecule has 4 aromatic rings. The molecule has 4 rings (SSSR count). The minimum atomic E-state index is -0.129. The van der Waals surface area contributed by atoms with Gasteiger partial charge in [-0.15, -0.1) is 10.2 Å². The Balaban J connectivity index is 1.43. The number of H-pyrrole nitrogens is 1. The van der Waals surface area contributed by atoms with Gasteiger partial charge in [0.2, 0.25) is 16.9 Å². The van der Waals surface area contributed by atoms with Gasteiger partial charge in [0.25, 0.3) is 0 Å². The molecule has 2 aromatic carbocycles. The number of carbonyl (C=O) groups excluding carboxylic acids is 1. The van der Waals surface area contributed by atoms with Crippen molar-refractivity contribution >= 4 is 23.4 Å². The van der Waals surface area contributed by atoms with Gasteiger partial charge in [0, 0.05) is 11.3 Å². The average molecular weight is 434 g/mol. The highest BCUT2D eigenvalue weighted by Crippen LogP contribution is 2.26. The molecule has 8 nitrogen and oxygen atoms in total. The maximum absolute atomic E-state index is 12.5. The van der Waals surface area contributed by atoms with Gasteiger partial charge in [0.05, 0.1) is 11.4 Å². The molecule has 0 unspecified atom stereocenters. The van der Waals surface area contributed by atoms with Crippen molar-refractivity contribution in [2.75, 3.05) is 16.9 Å². The monoisotopic (exact) mass is 433 g/mol. The van der Waals surface area contributed by atoms with Gasteiger partial charge in [0.1, 0.15) is 5.69 Å². The van der Waals surface area contributed by atoms with Crippen LogP contribution in [-0.2, 0) is 4.79 Å². The molecule has 0 saturated carbocycles. The molecule has 9 heteroatoms. The van der Waals surface area contributed by atoms with Crippen molar-refractivity contribution in [1.82, 2.24) is 25.1 Å². The van der Waals surface area contributed by atoms with Gasteiger partial charge >= 0.3 is 0 Å². The number of carbonyl (C=O) groups is 1. The van der Waals surface area contributed by atoms with E-state index in [1.807, 2.05) is 60.7 Å². The number of hydrogen-bond donors (Lipinski definition) is 3. The largest absolute Gasteiger partial charge is 0.335 e. The van der Waals surface area contributed by atoms with Crippen molar-refractivity contribution in [2.24, 2.45) is 0 Å². The molecule has 0 spiro atoms. The number of thioether (sulfide) groups is 1. The van der Waals surface area contributed by atoms with Crippen LogP contribution in [0.3, 0.4) is 0 Å². The lowest BCUT2D eigenvalue weighted by molar-refractivity contribution is -0.113. The fourth-order valence-corrected chi connectivity index (χ4v) is 3.84. The van der Waals surface area contributed by atoms with E-state index >= 15 is 0 Å². The lowest BCUT2D eigenvalue weighted by Crippen LogP contribution is -2.17. The minimum Gasteiger partial charge on any atom is -0.335 e. The topological polar surface area (TPSA) is 115 Å². The first-order chi connectivity index (χ1) is 15.0. The van der Waals surface area contributed by atoms with Crippen LogP contribution in [0.2, 0.25) is 0 Å². The van der Waals surface area contributed by atoms with Gasteiger partial charge in [-0.1, -0.05) is 74.1 Å². The average Bonchev–Trinajstić information content (AvgIpc) is 3.40. The third kappa shape index (κ3) is 4.61. The summed E-state index contributed by atoms with van der Waals surface area (Å²) in [5, 5.41) is 19.0. The second-order valence-corrected chi connectivity index (χ2v) is 8.23. The fraction of sp³-hybridized carbons (Fsp3) is 0.182. The van der Waals surface area contributed by atoms with Crippen molar-refractivity contribution < 1.29 is 4.79 Å². The first kappa shape index (κ1) is 20.7. The summed E-state index contributed by atoms with van der Waals surface area (Å²) in [6.07, 6.45) is 0. The smallest absolute Gasteiger partial charge is 0.234 e. The molecule has 0 aliphatic rings. The highest BCUT2D eigenvalue weighted by Gasteiger charge is 2.17. The van der Waals surface area contributed by atoms with Crippen molar-refractivity contribution in [1.29, 1.82) is 0 Å². The maximum Gasteiger partial charge on any atom is 0.234 e. The van der Waals surface area contributed by atoms with Crippen molar-refractivity contribution in [3.05, 3.63) is 66.2 Å². The van der Waals surface area contributed by atoms with Crippen molar-refractivity contribution in [3.8, 4) is 22.8 Å². The molecule has 0 aliphatic heterocycles. The first-order valence-electron chi connectivity index (χ1n) is 9.86. The number of aromatic nitrogens is 5. The molecule has 0 bridgehead atoms. The highest BCUT2D eigenvalue weighted by molar-refractivity contribution is 7.99. The zero-order chi connectivity index (χ0) is 21.8. The minimum absolute atomic E-state index is 0.129. The van der Waals surface area contributed by atoms with Crippen LogP contribution < -0.4 is 11.2 Å². The summed E-state index contributed by atoms with van der Waals surface area (Å²) in [6, 6.07) is 19.5. The summed E-state index contributed by atoms with van der Waals surface area (Å²) < 4.78 is 1.36. The van der Waals surface area contributed by atoms with E-state index in [1.54, 1.807) is 0 Å². The Hall–Kier alpha value is -3.59. The predicted octanol–water partition coefficient (Wildman–Crippen LogP) is 3.90. The van der Waals surface area contributed by atoms with Gasteiger partial charge in [-0.25, -0.2) is 4.68 Å². The SMILES string of the molecule is CC(C)c1ccccc1NC(=O)CSc1nnc(-c2cc(-c3ccccc3)n[nH]2)n1N. The van der Waals surface area contributed by atoms with E-state index in [9.17, 15) is 4.79 Å². The zero-order valence-corrected chi connectivity index (χ0v) is 18.1. The van der Waals surface area contributed by atoms with E-state index in [4.69, 9.17) is 5.84 Å². The van der Waals surface area contributed by atoms with Crippen LogP contribution in [0, 0.1) is 0 Å². The number of nitrogens with two attached hydrogens (primary N) is 1. The molecule has 1 amide bonds. The molecule has 2 heterocycles. The van der Waals surface area contributed by atoms with Crippen molar-refractivity contribution in [2.45, 2.75) is 24.9 Å². The number of benzene rings is 2. The number of amides is 1. The Kier molecular flexibility index (Phi) is 6.03. The molecule has 0 atom stereocenters. The lowest BCUT2D eigenvalue weighted by Gasteiger charge is -2.13. The third-order valence-corrected chi connectivity index (χ3v) is 5.69. The van der Waals surface area contributed by atoms with Crippen LogP contribution in [0.25, 0.3) is 22.8 Å². The lowest BCUT2D eigenvalue weighted by atomic mass is 10.0. The Morgan fingerprint density at radius 1 is 1.13 bits per heavy atom. The molecule has 31 heavy (non-hydrogen) atoms. The molecular weight excluding hydrogens is 410 g/mol. The zero-order valence-electron chi connectivity index (χ0n) is 17.2. The van der Waals surface area contributed by atoms with Gasteiger partial charge in [-0.2, -0.15) is 5.10 Å². The van der Waals surface area contributed by atoms with Gasteiger partial charge in [0.15, 0.2) is 0 Å². The van der Waals surface area contributed by atoms with Crippen LogP contribution >= 0.6 is 11.8 Å². The summed E-state index contributed by atoms with van der Waals surface area (Å²) in [6.45, 7) is 4.19. The summed E-state index contributed by atoms with van der Waals surface area (Å²) in [5.74, 6) is 6.98. The van der Waals surface area contributed by atoms with Crippen LogP contribution in [0.15, 0.2) is 65.8 Å². The van der Waals surface area contributed by atoms with Crippen LogP contribution in [0.4, 0.5) is 5.69 Å². The Bertz CT molecular complexity index is 1180. The number of nitrogens with zero attached hydrogens (tertiary/aromatic N) is 4. The van der Waals surface area contributed by atoms with E-state index in [-0.39, 0.29) is 11.7 Å². The number of nitrogen functional groups attached to an aromatic ring is 1. The summed E-state index contributed by atoms with van der Waals surface area (Å²) >= 11 is 1.23. The third-order valence-electron chi connectivity index (χ3n) is 4.74. The highest BCUT2D eigenvalue weighted by atomic mass is 32.2. The molecule has 0 aliphatic carbocycles. The van der Waals surface area contributed by atoms with E-state index < -0.39 is 0 Å². The van der Waals surface area contributed by atoms with Crippen LogP contribution in [0.1, 0.15) is 25.3 Å². The predicted molar refractivity (Wildman–Crippen MR) is 123 cm³/mol. The van der Waals surface area contributed by atoms with Crippen molar-refractivity contribution in [3.63, 3.8) is 0 Å². The van der Waals surface area contributed by atoms with E-state index in [2.05, 4.69) is 39.6 Å². The van der Waals surface area contributed by atoms with Crippen LogP contribution in [-0.4, -0.2) is 36.7 Å². The number of para-hydroxylation sites is 1. The van der Waals surface area contributed by atoms with Gasteiger partial charge < -0.3 is 11.2 Å². The molecule has 0 radical (unpaired) electrons. The molecule has 2 aromatic heterocycles. The normalized spacial score (nSPS) is 11.1. The number of nitrogens with one attached hydrogen (secondary N) is 2. The summed E-state index contributed by atoms with van der Waals surface area (Å²) in [7, 11) is 0. The standard InChI is InChI=1S/C22H23N7OS/c1-14(2)16-10-6-7-11-17(16)24-20(30)13-31-22-28-27-21(29(22)23)19-12-18(25-26-19)15-8-4-3-5-9-15/h3-12,14H,13,23H2,1-2H3,(H,24,30)(H,25,26). The molecule has 0 fully saturated rings. The van der Waals surface area contributed by atoms with E-state index in [0.717, 1.165) is 22.5 Å². The first-order valence-corrected chi connectivity index (χ1v) is 10.8. The van der Waals surface area contributed by atoms with Gasteiger partial charge in [-0.3, -0.25) is 9.89 Å². The van der Waals surface area contributed by atoms with Gasteiger partial charge in [-0.05, 0) is 23.6 Å². The fourth-order valence-electron chi connectivity index (χ4n) is 3.18. The van der Waals surface area contributed by atoms with Crippen LogP contribution in [0.5, 0.6) is 0 Å². The molecular formula is C22H23N7OS. The molecule has 4 N–H and O–H groups in total. The second kappa shape index (κ2) is 9.05. The number of rotatable bonds is 7. The number of aromatic amines is 1. The quantitative estimate of drug-likeness (QED) is 0.301. The summed E-state index contributed by atoms with van der Waals surface area (Å²) in [5.41, 5.74) is 4.34. The Labute approximate surface area is 184 Å². The number of hydrogen-bond acceptors (Lipinski definition) is 6. The molecule has 158 valence electrons. The second-order valence-electron chi connectivity index (χ2n) is 7.29. The Morgan fingerprint density at radius 2 is 1.87 bits per heavy atom. The molecule has 0 saturated heterocycles.